The van der Waals surface area contributed by atoms with E-state index in [1.165, 1.54) is 0 Å². The van der Waals surface area contributed by atoms with Gasteiger partial charge in [0, 0.05) is 73.2 Å². The molecule has 9 rings (SSSR count). The summed E-state index contributed by atoms with van der Waals surface area (Å²) in [5, 5.41) is 11.9. The van der Waals surface area contributed by atoms with Crippen LogP contribution in [0.15, 0.2) is 48.5 Å². The van der Waals surface area contributed by atoms with E-state index in [0.29, 0.717) is 45.7 Å². The third-order valence-electron chi connectivity index (χ3n) is 13.9. The number of hydrogen-bond acceptors (Lipinski definition) is 10. The maximum absolute atomic E-state index is 13.8. The molecule has 2 saturated heterocycles. The highest BCUT2D eigenvalue weighted by atomic mass is 35.5. The summed E-state index contributed by atoms with van der Waals surface area (Å²) in [4.78, 5) is 77.1. The van der Waals surface area contributed by atoms with Gasteiger partial charge in [0.05, 0.1) is 39.5 Å². The maximum atomic E-state index is 13.8. The van der Waals surface area contributed by atoms with E-state index in [0.717, 1.165) is 68.1 Å². The van der Waals surface area contributed by atoms with Gasteiger partial charge in [-0.05, 0) is 80.5 Å². The van der Waals surface area contributed by atoms with E-state index in [1.54, 1.807) is 30.3 Å². The Balaban J connectivity index is 0.770. The number of fused-ring (bicyclic) bond motifs is 2. The number of carbonyl (C=O) groups is 5. The standard InChI is InChI=1S/C47H48ClN7O6/c1-46(2)44(47(3,4)45(46)61-32-14-8-28(25-49)36(48)24-32)54-26-37-34(41(54)58)15-10-29(50-37)9-5-27-6-11-30(12-7-27)52-19-21-53(22-20-52)31-13-16-33-35(23-31)43(60)55(42(33)59)38-17-18-39(56)51-40(38)57/h8,10,13-16,23-24,27,30,38,44-45H,6-7,11-12,17-22,26H2,1-4H3,(H,51,56,57). The summed E-state index contributed by atoms with van der Waals surface area (Å²) in [5.41, 5.74) is 3.18. The predicted molar refractivity (Wildman–Crippen MR) is 226 cm³/mol. The largest absolute Gasteiger partial charge is 0.489 e. The highest BCUT2D eigenvalue weighted by Crippen LogP contribution is 2.59. The Labute approximate surface area is 360 Å². The quantitative estimate of drug-likeness (QED) is 0.246. The minimum atomic E-state index is -0.980. The number of rotatable bonds is 6. The first-order valence-electron chi connectivity index (χ1n) is 21.2. The molecule has 2 aromatic carbocycles. The number of nitrogens with zero attached hydrogens (tertiary/aromatic N) is 6. The van der Waals surface area contributed by atoms with Crippen molar-refractivity contribution in [1.82, 2.24) is 25.0 Å². The first-order valence-corrected chi connectivity index (χ1v) is 21.6. The number of aromatic nitrogens is 1. The van der Waals surface area contributed by atoms with Crippen LogP contribution in [0.1, 0.15) is 114 Å². The number of piperazine rings is 1. The van der Waals surface area contributed by atoms with E-state index in [1.807, 2.05) is 23.1 Å². The molecule has 2 saturated carbocycles. The Morgan fingerprint density at radius 3 is 2.21 bits per heavy atom. The fourth-order valence-corrected chi connectivity index (χ4v) is 11.5. The SMILES string of the molecule is CC1(C)C(Oc2ccc(C#N)c(Cl)c2)C(C)(C)C1N1Cc2nc(C#CC3CCC(N4CCN(c5ccc6c(c5)C(=O)N(C5CCC(=O)NC5=O)C6=O)CC4)CC3)ccc2C1=O. The van der Waals surface area contributed by atoms with Crippen molar-refractivity contribution in [3.63, 3.8) is 0 Å². The van der Waals surface area contributed by atoms with E-state index in [2.05, 4.69) is 60.7 Å². The molecule has 2 aliphatic carbocycles. The van der Waals surface area contributed by atoms with Gasteiger partial charge in [-0.2, -0.15) is 5.26 Å². The van der Waals surface area contributed by atoms with Crippen molar-refractivity contribution in [1.29, 1.82) is 5.26 Å². The Kier molecular flexibility index (Phi) is 10.2. The second-order valence-corrected chi connectivity index (χ2v) is 18.8. The normalized spacial score (nSPS) is 26.8. The zero-order chi connectivity index (χ0) is 43.0. The number of pyridine rings is 1. The zero-order valence-corrected chi connectivity index (χ0v) is 35.6. The molecule has 1 unspecified atom stereocenters. The average molecular weight is 842 g/mol. The van der Waals surface area contributed by atoms with Gasteiger partial charge in [0.15, 0.2) is 0 Å². The lowest BCUT2D eigenvalue weighted by molar-refractivity contribution is -0.199. The number of halogens is 1. The van der Waals surface area contributed by atoms with Gasteiger partial charge in [0.1, 0.15) is 29.7 Å². The van der Waals surface area contributed by atoms with Gasteiger partial charge in [0.25, 0.3) is 17.7 Å². The molecule has 13 nitrogen and oxygen atoms in total. The summed E-state index contributed by atoms with van der Waals surface area (Å²) in [5.74, 6) is 5.69. The molecule has 314 valence electrons. The van der Waals surface area contributed by atoms with E-state index < -0.39 is 29.7 Å². The molecule has 5 heterocycles. The number of benzene rings is 2. The van der Waals surface area contributed by atoms with E-state index in [-0.39, 0.29) is 53.2 Å². The van der Waals surface area contributed by atoms with Crippen LogP contribution in [0.25, 0.3) is 0 Å². The maximum Gasteiger partial charge on any atom is 0.262 e. The third-order valence-corrected chi connectivity index (χ3v) is 14.2. The fourth-order valence-electron chi connectivity index (χ4n) is 11.3. The summed E-state index contributed by atoms with van der Waals surface area (Å²) < 4.78 is 6.47. The van der Waals surface area contributed by atoms with Crippen molar-refractivity contribution in [2.24, 2.45) is 16.7 Å². The molecule has 0 spiro atoms. The number of ether oxygens (including phenoxy) is 1. The Bertz CT molecular complexity index is 2470. The minimum absolute atomic E-state index is 0.0237. The summed E-state index contributed by atoms with van der Waals surface area (Å²) in [7, 11) is 0. The molecule has 0 bridgehead atoms. The van der Waals surface area contributed by atoms with Crippen molar-refractivity contribution >= 4 is 46.8 Å². The van der Waals surface area contributed by atoms with Crippen molar-refractivity contribution in [2.45, 2.75) is 97.0 Å². The minimum Gasteiger partial charge on any atom is -0.489 e. The molecular weight excluding hydrogens is 794 g/mol. The summed E-state index contributed by atoms with van der Waals surface area (Å²) in [6.07, 6.45) is 4.15. The Morgan fingerprint density at radius 1 is 0.820 bits per heavy atom. The van der Waals surface area contributed by atoms with Crippen LogP contribution < -0.4 is 15.0 Å². The smallest absolute Gasteiger partial charge is 0.262 e. The molecule has 4 fully saturated rings. The van der Waals surface area contributed by atoms with Crippen LogP contribution in [-0.2, 0) is 16.1 Å². The summed E-state index contributed by atoms with van der Waals surface area (Å²) in [6.45, 7) is 12.3. The van der Waals surface area contributed by atoms with Gasteiger partial charge >= 0.3 is 0 Å². The van der Waals surface area contributed by atoms with Crippen LogP contribution in [0, 0.1) is 39.9 Å². The van der Waals surface area contributed by atoms with Gasteiger partial charge in [-0.3, -0.25) is 39.1 Å². The first-order chi connectivity index (χ1) is 29.1. The molecular formula is C47H48ClN7O6. The summed E-state index contributed by atoms with van der Waals surface area (Å²) in [6, 6.07) is 15.6. The number of anilines is 1. The van der Waals surface area contributed by atoms with Crippen molar-refractivity contribution in [2.75, 3.05) is 31.1 Å². The molecule has 6 aliphatic rings. The lowest BCUT2D eigenvalue weighted by atomic mass is 9.49. The third kappa shape index (κ3) is 7.02. The van der Waals surface area contributed by atoms with Crippen molar-refractivity contribution < 1.29 is 28.7 Å². The first kappa shape index (κ1) is 40.6. The van der Waals surface area contributed by atoms with E-state index >= 15 is 0 Å². The molecule has 1 atom stereocenters. The highest BCUT2D eigenvalue weighted by Gasteiger charge is 2.67. The van der Waals surface area contributed by atoms with E-state index in [9.17, 15) is 29.2 Å². The lowest BCUT2D eigenvalue weighted by Crippen LogP contribution is -2.74. The predicted octanol–water partition coefficient (Wildman–Crippen LogP) is 5.58. The number of nitrogens with one attached hydrogen (secondary N) is 1. The topological polar surface area (TPSA) is 156 Å². The second kappa shape index (κ2) is 15.3. The number of amides is 5. The van der Waals surface area contributed by atoms with Crippen molar-refractivity contribution in [3.05, 3.63) is 87.2 Å². The molecule has 0 radical (unpaired) electrons. The fraction of sp³-hybridized carbons (Fsp3) is 0.468. The van der Waals surface area contributed by atoms with Crippen molar-refractivity contribution in [3.8, 4) is 23.7 Å². The molecule has 1 aromatic heterocycles. The zero-order valence-electron chi connectivity index (χ0n) is 34.8. The van der Waals surface area contributed by atoms with Crippen LogP contribution >= 0.6 is 11.6 Å². The lowest BCUT2D eigenvalue weighted by Gasteiger charge is -2.65. The van der Waals surface area contributed by atoms with Gasteiger partial charge in [-0.15, -0.1) is 0 Å². The average Bonchev–Trinajstić information content (AvgIpc) is 3.68. The highest BCUT2D eigenvalue weighted by molar-refractivity contribution is 6.31. The Hall–Kier alpha value is -5.76. The number of imide groups is 2. The molecule has 4 aliphatic heterocycles. The van der Waals surface area contributed by atoms with Crippen LogP contribution in [0.5, 0.6) is 5.75 Å². The van der Waals surface area contributed by atoms with Gasteiger partial charge in [-0.1, -0.05) is 45.2 Å². The molecule has 5 amide bonds. The molecule has 61 heavy (non-hydrogen) atoms. The van der Waals surface area contributed by atoms with Crippen LogP contribution in [0.4, 0.5) is 5.69 Å². The van der Waals surface area contributed by atoms with Crippen LogP contribution in [0.2, 0.25) is 5.02 Å². The monoisotopic (exact) mass is 841 g/mol. The van der Waals surface area contributed by atoms with Gasteiger partial charge in [-0.25, -0.2) is 4.98 Å². The summed E-state index contributed by atoms with van der Waals surface area (Å²) >= 11 is 6.29. The number of carbonyl (C=O) groups excluding carboxylic acids is 5. The van der Waals surface area contributed by atoms with Gasteiger partial charge in [0.2, 0.25) is 11.8 Å². The Morgan fingerprint density at radius 2 is 1.52 bits per heavy atom. The molecule has 14 heteroatoms. The van der Waals surface area contributed by atoms with Gasteiger partial charge < -0.3 is 14.5 Å². The number of piperidine rings is 1. The van der Waals surface area contributed by atoms with Crippen LogP contribution in [0.3, 0.4) is 0 Å². The van der Waals surface area contributed by atoms with E-state index in [4.69, 9.17) is 21.3 Å². The van der Waals surface area contributed by atoms with Crippen LogP contribution in [-0.4, -0.2) is 99.6 Å². The number of hydrogen-bond donors (Lipinski definition) is 1. The molecule has 3 aromatic rings. The second-order valence-electron chi connectivity index (χ2n) is 18.4. The number of nitriles is 1. The molecule has 1 N–H and O–H groups in total.